The first-order valence-corrected chi connectivity index (χ1v) is 11.9. The van der Waals surface area contributed by atoms with E-state index in [1.165, 1.54) is 0 Å². The number of carbonyl (C=O) groups is 1. The van der Waals surface area contributed by atoms with Gasteiger partial charge in [-0.3, -0.25) is 0 Å². The molecule has 0 N–H and O–H groups in total. The van der Waals surface area contributed by atoms with E-state index in [0.29, 0.717) is 11.3 Å². The molecule has 2 aliphatic rings. The molecule has 1 saturated heterocycles. The topological polar surface area (TPSA) is 66.5 Å². The average molecular weight is 475 g/mol. The highest BCUT2D eigenvalue weighted by atomic mass is 16.7. The lowest BCUT2D eigenvalue weighted by Gasteiger charge is -2.23. The van der Waals surface area contributed by atoms with Crippen LogP contribution >= 0.6 is 0 Å². The van der Waals surface area contributed by atoms with Gasteiger partial charge in [-0.2, -0.15) is 0 Å². The number of carbonyl (C=O) groups excluding carboxylic acids is 1. The van der Waals surface area contributed by atoms with E-state index in [4.69, 9.17) is 23.7 Å². The van der Waals surface area contributed by atoms with Crippen molar-refractivity contribution in [2.75, 3.05) is 21.3 Å². The second-order valence-electron chi connectivity index (χ2n) is 8.96. The van der Waals surface area contributed by atoms with E-state index >= 15 is 0 Å². The van der Waals surface area contributed by atoms with E-state index in [2.05, 4.69) is 0 Å². The van der Waals surface area contributed by atoms with Crippen molar-refractivity contribution in [2.45, 2.75) is 43.0 Å². The molecule has 0 spiro atoms. The minimum Gasteiger partial charge on any atom is -0.497 e. The van der Waals surface area contributed by atoms with Gasteiger partial charge >= 0.3 is 5.97 Å². The molecule has 2 fully saturated rings. The number of hydrogen-bond donors (Lipinski definition) is 0. The van der Waals surface area contributed by atoms with Gasteiger partial charge in [0.25, 0.3) is 0 Å². The Labute approximate surface area is 205 Å². The molecule has 1 atom stereocenters. The van der Waals surface area contributed by atoms with E-state index < -0.39 is 11.2 Å². The number of rotatable bonds is 8. The predicted molar refractivity (Wildman–Crippen MR) is 131 cm³/mol. The summed E-state index contributed by atoms with van der Waals surface area (Å²) >= 11 is 0. The van der Waals surface area contributed by atoms with Gasteiger partial charge in [0.15, 0.2) is 5.60 Å². The van der Waals surface area contributed by atoms with Gasteiger partial charge in [-0.1, -0.05) is 36.4 Å². The fourth-order valence-corrected chi connectivity index (χ4v) is 5.18. The van der Waals surface area contributed by atoms with Gasteiger partial charge in [-0.15, -0.1) is 0 Å². The van der Waals surface area contributed by atoms with Crippen molar-refractivity contribution in [1.29, 1.82) is 0 Å². The Kier molecular flexibility index (Phi) is 6.15. The van der Waals surface area contributed by atoms with E-state index in [9.17, 15) is 4.79 Å². The maximum atomic E-state index is 14.0. The van der Waals surface area contributed by atoms with E-state index in [1.54, 1.807) is 21.3 Å². The zero-order valence-corrected chi connectivity index (χ0v) is 20.3. The molecule has 6 nitrogen and oxygen atoms in total. The fraction of sp³-hybridized carbons (Fsp3) is 0.345. The highest BCUT2D eigenvalue weighted by molar-refractivity contribution is 5.89. The van der Waals surface area contributed by atoms with Gasteiger partial charge in [0.2, 0.25) is 5.60 Å². The molecule has 1 saturated carbocycles. The number of hydrogen-bond acceptors (Lipinski definition) is 6. The molecule has 1 unspecified atom stereocenters. The van der Waals surface area contributed by atoms with Gasteiger partial charge in [0.05, 0.1) is 21.3 Å². The quantitative estimate of drug-likeness (QED) is 0.323. The molecule has 0 amide bonds. The third-order valence-corrected chi connectivity index (χ3v) is 7.11. The molecular weight excluding hydrogens is 444 g/mol. The Morgan fingerprint density at radius 1 is 0.686 bits per heavy atom. The van der Waals surface area contributed by atoms with Crippen LogP contribution in [0.1, 0.15) is 42.4 Å². The van der Waals surface area contributed by atoms with Gasteiger partial charge in [-0.05, 0) is 78.8 Å². The number of ether oxygens (including phenoxy) is 5. The van der Waals surface area contributed by atoms with Crippen LogP contribution < -0.4 is 14.2 Å². The number of esters is 1. The molecule has 5 rings (SSSR count). The second-order valence-corrected chi connectivity index (χ2v) is 8.96. The Morgan fingerprint density at radius 2 is 1.09 bits per heavy atom. The Balaban J connectivity index is 1.67. The van der Waals surface area contributed by atoms with Crippen LogP contribution in [0.2, 0.25) is 0 Å². The number of benzene rings is 3. The maximum absolute atomic E-state index is 14.0. The van der Waals surface area contributed by atoms with Crippen LogP contribution in [0.25, 0.3) is 0 Å². The van der Waals surface area contributed by atoms with Crippen LogP contribution in [-0.2, 0) is 25.5 Å². The molecule has 0 bridgehead atoms. The molecular formula is C29H30O6. The monoisotopic (exact) mass is 474 g/mol. The minimum atomic E-state index is -1.34. The maximum Gasteiger partial charge on any atom is 0.347 e. The zero-order chi connectivity index (χ0) is 24.5. The Bertz CT molecular complexity index is 1120. The number of epoxide rings is 1. The van der Waals surface area contributed by atoms with Crippen molar-refractivity contribution in [2.24, 2.45) is 0 Å². The second kappa shape index (κ2) is 9.27. The first-order chi connectivity index (χ1) is 17.1. The molecule has 1 aliphatic heterocycles. The summed E-state index contributed by atoms with van der Waals surface area (Å²) in [6.07, 6.45) is 3.80. The predicted octanol–water partition coefficient (Wildman–Crippen LogP) is 5.37. The minimum absolute atomic E-state index is 0.0914. The normalized spacial score (nSPS) is 20.8. The third kappa shape index (κ3) is 3.82. The van der Waals surface area contributed by atoms with Crippen molar-refractivity contribution in [3.8, 4) is 17.2 Å². The smallest absolute Gasteiger partial charge is 0.347 e. The molecule has 6 heteroatoms. The lowest BCUT2D eigenvalue weighted by atomic mass is 9.77. The Morgan fingerprint density at radius 3 is 1.49 bits per heavy atom. The van der Waals surface area contributed by atoms with Gasteiger partial charge < -0.3 is 23.7 Å². The zero-order valence-electron chi connectivity index (χ0n) is 20.3. The van der Waals surface area contributed by atoms with E-state index in [0.717, 1.165) is 48.3 Å². The summed E-state index contributed by atoms with van der Waals surface area (Å²) in [5, 5.41) is 0. The van der Waals surface area contributed by atoms with Crippen LogP contribution in [0.15, 0.2) is 72.8 Å². The summed E-state index contributed by atoms with van der Waals surface area (Å²) in [7, 11) is 4.87. The number of methoxy groups -OCH3 is 3. The van der Waals surface area contributed by atoms with Gasteiger partial charge in [0.1, 0.15) is 23.4 Å². The van der Waals surface area contributed by atoms with Crippen molar-refractivity contribution in [3.63, 3.8) is 0 Å². The Hall–Kier alpha value is -3.51. The lowest BCUT2D eigenvalue weighted by Crippen LogP contribution is -2.35. The molecule has 1 aliphatic carbocycles. The first kappa shape index (κ1) is 23.2. The van der Waals surface area contributed by atoms with Crippen molar-refractivity contribution < 1.29 is 28.5 Å². The SMILES string of the molecule is COc1ccc(C2(C(=O)OC3CCCC3)OC2(c2ccc(OC)cc2)c2ccc(OC)cc2)cc1. The van der Waals surface area contributed by atoms with Crippen LogP contribution in [0, 0.1) is 0 Å². The highest BCUT2D eigenvalue weighted by Crippen LogP contribution is 2.66. The van der Waals surface area contributed by atoms with Gasteiger partial charge in [-0.25, -0.2) is 4.79 Å². The van der Waals surface area contributed by atoms with E-state index in [1.807, 2.05) is 72.8 Å². The standard InChI is InChI=1S/C29H30O6/c1-31-23-14-8-20(9-15-23)28(21-10-16-24(32-2)17-11-21)29(35-28,22-12-18-25(33-3)19-13-22)27(30)34-26-6-4-5-7-26/h8-19,26H,4-7H2,1-3H3. The van der Waals surface area contributed by atoms with Crippen molar-refractivity contribution >= 4 is 5.97 Å². The summed E-state index contributed by atoms with van der Waals surface area (Å²) < 4.78 is 28.8. The first-order valence-electron chi connectivity index (χ1n) is 11.9. The molecule has 35 heavy (non-hydrogen) atoms. The van der Waals surface area contributed by atoms with Crippen LogP contribution in [0.4, 0.5) is 0 Å². The summed E-state index contributed by atoms with van der Waals surface area (Å²) in [6, 6.07) is 22.7. The molecule has 0 radical (unpaired) electrons. The molecule has 1 heterocycles. The molecule has 3 aromatic carbocycles. The fourth-order valence-electron chi connectivity index (χ4n) is 5.18. The van der Waals surface area contributed by atoms with Crippen LogP contribution in [-0.4, -0.2) is 33.4 Å². The average Bonchev–Trinajstić information content (AvgIpc) is 3.39. The van der Waals surface area contributed by atoms with E-state index in [-0.39, 0.29) is 12.1 Å². The van der Waals surface area contributed by atoms with Crippen LogP contribution in [0.3, 0.4) is 0 Å². The van der Waals surface area contributed by atoms with Crippen molar-refractivity contribution in [3.05, 3.63) is 89.5 Å². The third-order valence-electron chi connectivity index (χ3n) is 7.11. The largest absolute Gasteiger partial charge is 0.497 e. The molecule has 0 aromatic heterocycles. The molecule has 3 aromatic rings. The van der Waals surface area contributed by atoms with Crippen molar-refractivity contribution in [1.82, 2.24) is 0 Å². The summed E-state index contributed by atoms with van der Waals surface area (Å²) in [6.45, 7) is 0. The lowest BCUT2D eigenvalue weighted by molar-refractivity contribution is -0.155. The highest BCUT2D eigenvalue weighted by Gasteiger charge is 2.78. The summed E-state index contributed by atoms with van der Waals surface area (Å²) in [5.74, 6) is 1.78. The molecule has 182 valence electrons. The van der Waals surface area contributed by atoms with Crippen LogP contribution in [0.5, 0.6) is 17.2 Å². The summed E-state index contributed by atoms with van der Waals surface area (Å²) in [5.41, 5.74) is -0.0286. The van der Waals surface area contributed by atoms with Gasteiger partial charge in [0, 0.05) is 0 Å². The summed E-state index contributed by atoms with van der Waals surface area (Å²) in [4.78, 5) is 14.0.